The number of pyridine rings is 1. The molecule has 0 spiro atoms. The summed E-state index contributed by atoms with van der Waals surface area (Å²) in [7, 11) is 0. The van der Waals surface area contributed by atoms with Gasteiger partial charge in [-0.15, -0.1) is 0 Å². The number of anilines is 1. The molecule has 0 aromatic carbocycles. The number of hydrogen-bond acceptors (Lipinski definition) is 6. The number of carbonyl (C=O) groups excluding carboxylic acids is 1. The normalized spacial score (nSPS) is 11.0. The van der Waals surface area contributed by atoms with E-state index in [0.29, 0.717) is 10.7 Å². The summed E-state index contributed by atoms with van der Waals surface area (Å²) in [6.45, 7) is 5.16. The molecule has 22 heavy (non-hydrogen) atoms. The Morgan fingerprint density at radius 1 is 1.32 bits per heavy atom. The molecule has 0 aliphatic heterocycles. The van der Waals surface area contributed by atoms with E-state index in [1.165, 1.54) is 0 Å². The second-order valence-corrected chi connectivity index (χ2v) is 6.34. The highest BCUT2D eigenvalue weighted by Crippen LogP contribution is 2.31. The minimum atomic E-state index is -1.23. The van der Waals surface area contributed by atoms with Gasteiger partial charge in [-0.3, -0.25) is 10.3 Å². The maximum absolute atomic E-state index is 11.8. The lowest BCUT2D eigenvalue weighted by atomic mass is 10.2. The second-order valence-electron chi connectivity index (χ2n) is 5.34. The largest absolute Gasteiger partial charge is 0.476 e. The molecule has 2 N–H and O–H groups in total. The summed E-state index contributed by atoms with van der Waals surface area (Å²) in [4.78, 5) is 31.2. The van der Waals surface area contributed by atoms with Crippen LogP contribution in [0.2, 0.25) is 0 Å². The Bertz CT molecular complexity index is 692. The number of hydrogen-bond donors (Lipinski definition) is 2. The average Bonchev–Trinajstić information content (AvgIpc) is 2.81. The van der Waals surface area contributed by atoms with Crippen LogP contribution in [0.15, 0.2) is 24.4 Å². The lowest BCUT2D eigenvalue weighted by Crippen LogP contribution is -2.27. The van der Waals surface area contributed by atoms with Crippen LogP contribution in [0.4, 0.5) is 9.80 Å². The van der Waals surface area contributed by atoms with Crippen molar-refractivity contribution in [3.8, 4) is 10.7 Å². The van der Waals surface area contributed by atoms with Gasteiger partial charge in [-0.1, -0.05) is 17.4 Å². The van der Waals surface area contributed by atoms with Gasteiger partial charge in [0.1, 0.15) is 15.6 Å². The molecule has 0 radical (unpaired) electrons. The van der Waals surface area contributed by atoms with Crippen LogP contribution in [0.1, 0.15) is 31.3 Å². The molecule has 116 valence electrons. The SMILES string of the molecule is CC(C)(C)OC(=O)Nc1sc(-c2ccccn2)nc1C(=O)O. The quantitative estimate of drug-likeness (QED) is 0.899. The molecule has 0 fully saturated rings. The number of ether oxygens (including phenoxy) is 1. The van der Waals surface area contributed by atoms with E-state index in [4.69, 9.17) is 4.74 Å². The highest BCUT2D eigenvalue weighted by atomic mass is 32.1. The van der Waals surface area contributed by atoms with Gasteiger partial charge in [0.05, 0.1) is 5.69 Å². The van der Waals surface area contributed by atoms with Crippen molar-refractivity contribution < 1.29 is 19.4 Å². The number of aromatic nitrogens is 2. The van der Waals surface area contributed by atoms with Gasteiger partial charge in [-0.25, -0.2) is 14.6 Å². The first-order valence-electron chi connectivity index (χ1n) is 6.42. The number of nitrogens with zero attached hydrogens (tertiary/aromatic N) is 2. The fourth-order valence-electron chi connectivity index (χ4n) is 1.54. The molecule has 2 aromatic heterocycles. The molecule has 0 atom stereocenters. The zero-order valence-corrected chi connectivity index (χ0v) is 13.1. The van der Waals surface area contributed by atoms with Crippen LogP contribution < -0.4 is 5.32 Å². The monoisotopic (exact) mass is 321 g/mol. The number of rotatable bonds is 3. The third-order valence-electron chi connectivity index (χ3n) is 2.33. The highest BCUT2D eigenvalue weighted by Gasteiger charge is 2.23. The first kappa shape index (κ1) is 15.9. The smallest absolute Gasteiger partial charge is 0.412 e. The number of carbonyl (C=O) groups is 2. The average molecular weight is 321 g/mol. The van der Waals surface area contributed by atoms with E-state index < -0.39 is 17.7 Å². The molecule has 2 aromatic rings. The molecule has 0 saturated heterocycles. The predicted molar refractivity (Wildman–Crippen MR) is 82.2 cm³/mol. The highest BCUT2D eigenvalue weighted by molar-refractivity contribution is 7.19. The maximum atomic E-state index is 11.8. The molecule has 2 heterocycles. The van der Waals surface area contributed by atoms with Gasteiger partial charge in [-0.05, 0) is 32.9 Å². The molecular weight excluding hydrogens is 306 g/mol. The number of amides is 1. The van der Waals surface area contributed by atoms with E-state index in [1.54, 1.807) is 45.2 Å². The van der Waals surface area contributed by atoms with Crippen LogP contribution in [0.25, 0.3) is 10.7 Å². The van der Waals surface area contributed by atoms with Gasteiger partial charge in [0.25, 0.3) is 0 Å². The van der Waals surface area contributed by atoms with E-state index in [9.17, 15) is 14.7 Å². The Kier molecular flexibility index (Phi) is 4.41. The fourth-order valence-corrected chi connectivity index (χ4v) is 2.46. The topological polar surface area (TPSA) is 101 Å². The minimum absolute atomic E-state index is 0.113. The zero-order chi connectivity index (χ0) is 16.3. The van der Waals surface area contributed by atoms with Crippen molar-refractivity contribution in [3.05, 3.63) is 30.1 Å². The molecule has 0 aliphatic rings. The first-order chi connectivity index (χ1) is 10.3. The Labute approximate surface area is 131 Å². The summed E-state index contributed by atoms with van der Waals surface area (Å²) in [5.41, 5.74) is -0.383. The second kappa shape index (κ2) is 6.10. The van der Waals surface area contributed by atoms with E-state index in [2.05, 4.69) is 15.3 Å². The van der Waals surface area contributed by atoms with Crippen LogP contribution in [0, 0.1) is 0 Å². The van der Waals surface area contributed by atoms with Crippen molar-refractivity contribution in [2.24, 2.45) is 0 Å². The molecule has 0 unspecified atom stereocenters. The van der Waals surface area contributed by atoms with E-state index in [1.807, 2.05) is 0 Å². The summed E-state index contributed by atoms with van der Waals surface area (Å²) < 4.78 is 5.11. The van der Waals surface area contributed by atoms with Crippen molar-refractivity contribution in [2.45, 2.75) is 26.4 Å². The van der Waals surface area contributed by atoms with Crippen LogP contribution in [-0.4, -0.2) is 32.7 Å². The standard InChI is InChI=1S/C14H15N3O4S/c1-14(2,3)21-13(20)17-11-9(12(18)19)16-10(22-11)8-6-4-5-7-15-8/h4-7H,1-3H3,(H,17,20)(H,18,19). The summed E-state index contributed by atoms with van der Waals surface area (Å²) in [5.74, 6) is -1.23. The van der Waals surface area contributed by atoms with E-state index in [-0.39, 0.29) is 10.7 Å². The van der Waals surface area contributed by atoms with Gasteiger partial charge in [0.2, 0.25) is 0 Å². The lowest BCUT2D eigenvalue weighted by molar-refractivity contribution is 0.0636. The van der Waals surface area contributed by atoms with Crippen molar-refractivity contribution in [2.75, 3.05) is 5.32 Å². The number of thiazole rings is 1. The summed E-state index contributed by atoms with van der Waals surface area (Å²) in [6.07, 6.45) is 0.851. The number of aromatic carboxylic acids is 1. The number of carboxylic acid groups (broad SMARTS) is 1. The first-order valence-corrected chi connectivity index (χ1v) is 7.23. The molecule has 0 saturated carbocycles. The van der Waals surface area contributed by atoms with Crippen LogP contribution in [-0.2, 0) is 4.74 Å². The maximum Gasteiger partial charge on any atom is 0.412 e. The van der Waals surface area contributed by atoms with E-state index in [0.717, 1.165) is 11.3 Å². The lowest BCUT2D eigenvalue weighted by Gasteiger charge is -2.19. The number of carboxylic acids is 1. The molecular formula is C14H15N3O4S. The van der Waals surface area contributed by atoms with Crippen molar-refractivity contribution in [1.82, 2.24) is 9.97 Å². The van der Waals surface area contributed by atoms with Crippen LogP contribution >= 0.6 is 11.3 Å². The molecule has 8 heteroatoms. The molecule has 2 rings (SSSR count). The summed E-state index contributed by atoms with van der Waals surface area (Å²) in [5, 5.41) is 12.1. The fraction of sp³-hybridized carbons (Fsp3) is 0.286. The summed E-state index contributed by atoms with van der Waals surface area (Å²) in [6, 6.07) is 5.22. The van der Waals surface area contributed by atoms with Gasteiger partial charge in [-0.2, -0.15) is 0 Å². The molecule has 1 amide bonds. The van der Waals surface area contributed by atoms with Crippen LogP contribution in [0.3, 0.4) is 0 Å². The molecule has 0 aliphatic carbocycles. The Morgan fingerprint density at radius 2 is 2.05 bits per heavy atom. The summed E-state index contributed by atoms with van der Waals surface area (Å²) >= 11 is 1.03. The van der Waals surface area contributed by atoms with Crippen molar-refractivity contribution in [1.29, 1.82) is 0 Å². The Balaban J connectivity index is 2.29. The van der Waals surface area contributed by atoms with Crippen molar-refractivity contribution in [3.63, 3.8) is 0 Å². The third kappa shape index (κ3) is 4.01. The van der Waals surface area contributed by atoms with Crippen LogP contribution in [0.5, 0.6) is 0 Å². The minimum Gasteiger partial charge on any atom is -0.476 e. The van der Waals surface area contributed by atoms with Gasteiger partial charge in [0, 0.05) is 6.20 Å². The van der Waals surface area contributed by atoms with Crippen molar-refractivity contribution >= 4 is 28.4 Å². The molecule has 7 nitrogen and oxygen atoms in total. The van der Waals surface area contributed by atoms with Gasteiger partial charge >= 0.3 is 12.1 Å². The Morgan fingerprint density at radius 3 is 2.59 bits per heavy atom. The molecule has 0 bridgehead atoms. The predicted octanol–water partition coefficient (Wildman–Crippen LogP) is 3.25. The Hall–Kier alpha value is -2.48. The third-order valence-corrected chi connectivity index (χ3v) is 3.32. The number of nitrogens with one attached hydrogen (secondary N) is 1. The van der Waals surface area contributed by atoms with Gasteiger partial charge in [0.15, 0.2) is 5.69 Å². The van der Waals surface area contributed by atoms with Gasteiger partial charge < -0.3 is 9.84 Å². The van der Waals surface area contributed by atoms with E-state index >= 15 is 0 Å². The zero-order valence-electron chi connectivity index (χ0n) is 12.3.